The van der Waals surface area contributed by atoms with Gasteiger partial charge in [0.25, 0.3) is 5.56 Å². The highest BCUT2D eigenvalue weighted by atomic mass is 16.3. The van der Waals surface area contributed by atoms with Crippen molar-refractivity contribution in [3.63, 3.8) is 0 Å². The average Bonchev–Trinajstić information content (AvgIpc) is 2.21. The lowest BCUT2D eigenvalue weighted by molar-refractivity contribution is 0.256. The van der Waals surface area contributed by atoms with Gasteiger partial charge in [-0.15, -0.1) is 0 Å². The zero-order valence-electron chi connectivity index (χ0n) is 8.44. The number of hydrogen-bond acceptors (Lipinski definition) is 3. The zero-order chi connectivity index (χ0) is 10.4. The van der Waals surface area contributed by atoms with E-state index in [1.807, 2.05) is 4.57 Å². The van der Waals surface area contributed by atoms with Crippen LogP contribution in [0.2, 0.25) is 0 Å². The van der Waals surface area contributed by atoms with Crippen molar-refractivity contribution in [3.05, 3.63) is 28.2 Å². The largest absolute Gasteiger partial charge is 0.508 e. The molecule has 4 nitrogen and oxygen atoms in total. The van der Waals surface area contributed by atoms with Gasteiger partial charge in [0, 0.05) is 30.8 Å². The van der Waals surface area contributed by atoms with Crippen molar-refractivity contribution in [1.82, 2.24) is 9.88 Å². The quantitative estimate of drug-likeness (QED) is 0.640. The maximum absolute atomic E-state index is 11.7. The highest BCUT2D eigenvalue weighted by Gasteiger charge is 2.30. The number of aromatic hydroxyl groups is 1. The summed E-state index contributed by atoms with van der Waals surface area (Å²) < 4.78 is 1.82. The maximum Gasteiger partial charge on any atom is 0.254 e. The molecule has 80 valence electrons. The number of piperidine rings is 1. The Kier molecular flexibility index (Phi) is 1.85. The minimum Gasteiger partial charge on any atom is -0.508 e. The molecule has 2 N–H and O–H groups in total. The molecule has 1 aromatic heterocycles. The Hall–Kier alpha value is -1.29. The van der Waals surface area contributed by atoms with Crippen LogP contribution in [-0.2, 0) is 6.54 Å². The van der Waals surface area contributed by atoms with Crippen molar-refractivity contribution in [1.29, 1.82) is 0 Å². The van der Waals surface area contributed by atoms with Gasteiger partial charge in [-0.25, -0.2) is 0 Å². The van der Waals surface area contributed by atoms with Crippen LogP contribution < -0.4 is 10.9 Å². The summed E-state index contributed by atoms with van der Waals surface area (Å²) in [5, 5.41) is 12.8. The van der Waals surface area contributed by atoms with Gasteiger partial charge in [-0.05, 0) is 24.9 Å². The molecule has 2 aliphatic heterocycles. The monoisotopic (exact) mass is 206 g/mol. The second kappa shape index (κ2) is 3.10. The summed E-state index contributed by atoms with van der Waals surface area (Å²) in [6.45, 7) is 2.71. The van der Waals surface area contributed by atoms with E-state index in [-0.39, 0.29) is 11.3 Å². The molecule has 1 fully saturated rings. The standard InChI is InChI=1S/C11H14N2O2/c14-9-2-10-8-1-7(4-12-5-8)6-13(10)11(15)3-9/h2-3,7-8,12,14H,1,4-6H2/t7?,8-/m0/s1. The molecular weight excluding hydrogens is 192 g/mol. The number of pyridine rings is 1. The van der Waals surface area contributed by atoms with E-state index in [4.69, 9.17) is 0 Å². The minimum atomic E-state index is -0.0680. The smallest absolute Gasteiger partial charge is 0.254 e. The van der Waals surface area contributed by atoms with Gasteiger partial charge < -0.3 is 15.0 Å². The minimum absolute atomic E-state index is 0.0680. The summed E-state index contributed by atoms with van der Waals surface area (Å²) in [5.74, 6) is 1.05. The van der Waals surface area contributed by atoms with E-state index in [0.29, 0.717) is 11.8 Å². The van der Waals surface area contributed by atoms with E-state index in [1.165, 1.54) is 6.07 Å². The molecule has 15 heavy (non-hydrogen) atoms. The van der Waals surface area contributed by atoms with Crippen LogP contribution in [0.5, 0.6) is 5.75 Å². The maximum atomic E-state index is 11.7. The molecule has 2 atom stereocenters. The molecular formula is C11H14N2O2. The Labute approximate surface area is 87.5 Å². The fourth-order valence-corrected chi connectivity index (χ4v) is 2.79. The fraction of sp³-hybridized carbons (Fsp3) is 0.545. The normalized spacial score (nSPS) is 28.5. The Bertz CT molecular complexity index is 452. The van der Waals surface area contributed by atoms with Crippen LogP contribution in [0.25, 0.3) is 0 Å². The first-order valence-electron chi connectivity index (χ1n) is 5.38. The first kappa shape index (κ1) is 8.97. The molecule has 4 heteroatoms. The lowest BCUT2D eigenvalue weighted by Gasteiger charge is -2.37. The highest BCUT2D eigenvalue weighted by Crippen LogP contribution is 2.32. The Morgan fingerprint density at radius 3 is 3.13 bits per heavy atom. The molecule has 1 aromatic rings. The molecule has 0 aromatic carbocycles. The second-order valence-corrected chi connectivity index (χ2v) is 4.54. The molecule has 0 aliphatic carbocycles. The molecule has 0 amide bonds. The average molecular weight is 206 g/mol. The molecule has 0 radical (unpaired) electrons. The SMILES string of the molecule is O=c1cc(O)cc2n1CC1CNC[C@@H]2C1. The number of hydrogen-bond donors (Lipinski definition) is 2. The third-order valence-electron chi connectivity index (χ3n) is 3.45. The number of aromatic nitrogens is 1. The van der Waals surface area contributed by atoms with Crippen molar-refractivity contribution in [3.8, 4) is 5.75 Å². The molecule has 0 saturated carbocycles. The Morgan fingerprint density at radius 1 is 1.40 bits per heavy atom. The number of nitrogens with one attached hydrogen (secondary N) is 1. The summed E-state index contributed by atoms with van der Waals surface area (Å²) in [7, 11) is 0. The highest BCUT2D eigenvalue weighted by molar-refractivity contribution is 5.26. The summed E-state index contributed by atoms with van der Waals surface area (Å²) >= 11 is 0. The lowest BCUT2D eigenvalue weighted by Crippen LogP contribution is -2.44. The second-order valence-electron chi connectivity index (χ2n) is 4.54. The van der Waals surface area contributed by atoms with Crippen LogP contribution >= 0.6 is 0 Å². The van der Waals surface area contributed by atoms with Crippen molar-refractivity contribution in [2.45, 2.75) is 18.9 Å². The van der Waals surface area contributed by atoms with Crippen LogP contribution in [-0.4, -0.2) is 22.8 Å². The zero-order valence-corrected chi connectivity index (χ0v) is 8.44. The van der Waals surface area contributed by atoms with E-state index in [0.717, 1.165) is 31.7 Å². The van der Waals surface area contributed by atoms with Gasteiger partial charge in [-0.2, -0.15) is 0 Å². The van der Waals surface area contributed by atoms with Gasteiger partial charge >= 0.3 is 0 Å². The predicted molar refractivity (Wildman–Crippen MR) is 56.1 cm³/mol. The third kappa shape index (κ3) is 1.36. The summed E-state index contributed by atoms with van der Waals surface area (Å²) in [6, 6.07) is 3.03. The first-order valence-corrected chi connectivity index (χ1v) is 5.38. The third-order valence-corrected chi connectivity index (χ3v) is 3.45. The summed E-state index contributed by atoms with van der Waals surface area (Å²) in [5.41, 5.74) is 0.921. The first-order chi connectivity index (χ1) is 7.24. The number of fused-ring (bicyclic) bond motifs is 4. The van der Waals surface area contributed by atoms with Gasteiger partial charge in [0.05, 0.1) is 0 Å². The summed E-state index contributed by atoms with van der Waals surface area (Å²) in [6.07, 6.45) is 1.13. The van der Waals surface area contributed by atoms with Crippen LogP contribution in [0.15, 0.2) is 16.9 Å². The molecule has 2 bridgehead atoms. The molecule has 1 saturated heterocycles. The van der Waals surface area contributed by atoms with E-state index in [2.05, 4.69) is 5.32 Å². The van der Waals surface area contributed by atoms with E-state index >= 15 is 0 Å². The van der Waals surface area contributed by atoms with Gasteiger partial charge in [0.1, 0.15) is 5.75 Å². The van der Waals surface area contributed by atoms with Crippen LogP contribution in [0.4, 0.5) is 0 Å². The molecule has 3 rings (SSSR count). The van der Waals surface area contributed by atoms with Crippen molar-refractivity contribution in [2.75, 3.05) is 13.1 Å². The number of rotatable bonds is 0. The van der Waals surface area contributed by atoms with E-state index < -0.39 is 0 Å². The van der Waals surface area contributed by atoms with Gasteiger partial charge in [0.2, 0.25) is 0 Å². The summed E-state index contributed by atoms with van der Waals surface area (Å²) in [4.78, 5) is 11.7. The van der Waals surface area contributed by atoms with Crippen LogP contribution in [0.3, 0.4) is 0 Å². The predicted octanol–water partition coefficient (Wildman–Crippen LogP) is 0.261. The van der Waals surface area contributed by atoms with E-state index in [1.54, 1.807) is 6.07 Å². The van der Waals surface area contributed by atoms with Crippen molar-refractivity contribution >= 4 is 0 Å². The Morgan fingerprint density at radius 2 is 2.27 bits per heavy atom. The van der Waals surface area contributed by atoms with Crippen LogP contribution in [0, 0.1) is 5.92 Å². The molecule has 0 spiro atoms. The topological polar surface area (TPSA) is 54.3 Å². The Balaban J connectivity index is 2.17. The van der Waals surface area contributed by atoms with Crippen molar-refractivity contribution in [2.24, 2.45) is 5.92 Å². The molecule has 2 aliphatic rings. The van der Waals surface area contributed by atoms with Gasteiger partial charge in [0.15, 0.2) is 0 Å². The molecule has 3 heterocycles. The van der Waals surface area contributed by atoms with Gasteiger partial charge in [-0.1, -0.05) is 0 Å². The number of nitrogens with zero attached hydrogens (tertiary/aromatic N) is 1. The lowest BCUT2D eigenvalue weighted by atomic mass is 9.84. The van der Waals surface area contributed by atoms with Gasteiger partial charge in [-0.3, -0.25) is 4.79 Å². The molecule has 1 unspecified atom stereocenters. The van der Waals surface area contributed by atoms with E-state index in [9.17, 15) is 9.90 Å². The van der Waals surface area contributed by atoms with Crippen LogP contribution in [0.1, 0.15) is 18.0 Å². The van der Waals surface area contributed by atoms with Crippen molar-refractivity contribution < 1.29 is 5.11 Å². The fourth-order valence-electron chi connectivity index (χ4n) is 2.79.